The molecule has 0 saturated heterocycles. The Morgan fingerprint density at radius 2 is 1.92 bits per heavy atom. The molecule has 0 bridgehead atoms. The molecule has 0 radical (unpaired) electrons. The van der Waals surface area contributed by atoms with E-state index in [1.807, 2.05) is 13.0 Å². The minimum absolute atomic E-state index is 0.815. The number of pyridine rings is 1. The fraction of sp³-hybridized carbons (Fsp3) is 0.500. The highest BCUT2D eigenvalue weighted by Gasteiger charge is 2.13. The number of hydrogen-bond acceptors (Lipinski definition) is 1. The van der Waals surface area contributed by atoms with Crippen molar-refractivity contribution in [1.29, 1.82) is 0 Å². The third-order valence-corrected chi connectivity index (χ3v) is 2.56. The van der Waals surface area contributed by atoms with E-state index in [1.165, 1.54) is 24.0 Å². The van der Waals surface area contributed by atoms with Gasteiger partial charge in [0.1, 0.15) is 0 Å². The number of aromatic nitrogens is 1. The van der Waals surface area contributed by atoms with Crippen LogP contribution in [0.1, 0.15) is 29.7 Å². The zero-order valence-corrected chi connectivity index (χ0v) is 7.34. The van der Waals surface area contributed by atoms with Gasteiger partial charge in [0, 0.05) is 18.6 Å². The molecule has 0 atom stereocenters. The van der Waals surface area contributed by atoms with E-state index in [-0.39, 0.29) is 0 Å². The third-order valence-electron chi connectivity index (χ3n) is 2.56. The highest BCUT2D eigenvalue weighted by molar-refractivity contribution is 5.25. The van der Waals surface area contributed by atoms with Crippen molar-refractivity contribution in [2.45, 2.75) is 32.6 Å². The highest BCUT2D eigenvalue weighted by atomic mass is 16.5. The molecule has 0 aromatic carbocycles. The molecule has 2 nitrogen and oxygen atoms in total. The first kappa shape index (κ1) is 7.59. The molecule has 0 aliphatic heterocycles. The van der Waals surface area contributed by atoms with E-state index in [2.05, 4.69) is 0 Å². The number of aryl methyl sites for hydroxylation is 3. The Morgan fingerprint density at radius 3 is 2.67 bits per heavy atom. The van der Waals surface area contributed by atoms with Crippen molar-refractivity contribution in [2.24, 2.45) is 0 Å². The van der Waals surface area contributed by atoms with Gasteiger partial charge in [-0.15, -0.1) is 0 Å². The van der Waals surface area contributed by atoms with Crippen molar-refractivity contribution < 1.29 is 4.73 Å². The van der Waals surface area contributed by atoms with Crippen LogP contribution in [0.5, 0.6) is 0 Å². The summed E-state index contributed by atoms with van der Waals surface area (Å²) in [5.74, 6) is 0. The van der Waals surface area contributed by atoms with Gasteiger partial charge in [0.2, 0.25) is 0 Å². The maximum absolute atomic E-state index is 11.2. The second-order valence-electron chi connectivity index (χ2n) is 3.50. The maximum atomic E-state index is 11.2. The van der Waals surface area contributed by atoms with Gasteiger partial charge < -0.3 is 5.21 Å². The maximum Gasteiger partial charge on any atom is 0.189 e. The molecule has 2 heteroatoms. The third kappa shape index (κ3) is 1.17. The SMILES string of the molecule is Cc1cc2c(c[n+]1[O-])CCCC2. The van der Waals surface area contributed by atoms with Crippen LogP contribution in [-0.2, 0) is 12.8 Å². The Labute approximate surface area is 72.4 Å². The largest absolute Gasteiger partial charge is 0.619 e. The van der Waals surface area contributed by atoms with Gasteiger partial charge in [0.25, 0.3) is 0 Å². The monoisotopic (exact) mass is 163 g/mol. The van der Waals surface area contributed by atoms with E-state index in [0.29, 0.717) is 0 Å². The summed E-state index contributed by atoms with van der Waals surface area (Å²) in [5, 5.41) is 11.2. The minimum Gasteiger partial charge on any atom is -0.619 e. The quantitative estimate of drug-likeness (QED) is 0.420. The molecule has 1 aromatic rings. The van der Waals surface area contributed by atoms with Crippen LogP contribution in [0.3, 0.4) is 0 Å². The molecule has 0 spiro atoms. The van der Waals surface area contributed by atoms with E-state index in [1.54, 1.807) is 6.20 Å². The molecule has 1 aromatic heterocycles. The molecule has 1 aliphatic rings. The van der Waals surface area contributed by atoms with E-state index in [0.717, 1.165) is 23.3 Å². The summed E-state index contributed by atoms with van der Waals surface area (Å²) in [6.45, 7) is 1.86. The van der Waals surface area contributed by atoms with Crippen molar-refractivity contribution in [1.82, 2.24) is 0 Å². The van der Waals surface area contributed by atoms with Gasteiger partial charge in [-0.05, 0) is 31.2 Å². The van der Waals surface area contributed by atoms with Gasteiger partial charge in [-0.1, -0.05) is 0 Å². The standard InChI is InChI=1S/C10H13NO/c1-8-6-9-4-2-3-5-10(9)7-11(8)12/h6-7H,2-5H2,1H3. The molecular weight excluding hydrogens is 150 g/mol. The van der Waals surface area contributed by atoms with E-state index in [9.17, 15) is 5.21 Å². The first-order valence-corrected chi connectivity index (χ1v) is 4.49. The van der Waals surface area contributed by atoms with Crippen LogP contribution in [0.4, 0.5) is 0 Å². The van der Waals surface area contributed by atoms with Crippen LogP contribution in [-0.4, -0.2) is 0 Å². The predicted octanol–water partition coefficient (Wildman–Crippen LogP) is 1.51. The number of nitrogens with zero attached hydrogens (tertiary/aromatic N) is 1. The van der Waals surface area contributed by atoms with Gasteiger partial charge in [-0.3, -0.25) is 0 Å². The first-order valence-electron chi connectivity index (χ1n) is 4.49. The van der Waals surface area contributed by atoms with Crippen molar-refractivity contribution in [3.63, 3.8) is 0 Å². The molecule has 0 saturated carbocycles. The van der Waals surface area contributed by atoms with Crippen LogP contribution in [0.25, 0.3) is 0 Å². The molecule has 64 valence electrons. The van der Waals surface area contributed by atoms with Crippen molar-refractivity contribution >= 4 is 0 Å². The van der Waals surface area contributed by atoms with Crippen molar-refractivity contribution in [2.75, 3.05) is 0 Å². The van der Waals surface area contributed by atoms with Gasteiger partial charge in [-0.2, -0.15) is 4.73 Å². The van der Waals surface area contributed by atoms with Crippen LogP contribution in [0, 0.1) is 12.1 Å². The zero-order valence-electron chi connectivity index (χ0n) is 7.34. The van der Waals surface area contributed by atoms with E-state index in [4.69, 9.17) is 0 Å². The van der Waals surface area contributed by atoms with Crippen LogP contribution in [0.15, 0.2) is 12.3 Å². The summed E-state index contributed by atoms with van der Waals surface area (Å²) < 4.78 is 0.976. The Kier molecular flexibility index (Phi) is 1.75. The Hall–Kier alpha value is -1.05. The predicted molar refractivity (Wildman–Crippen MR) is 46.8 cm³/mol. The molecule has 1 heterocycles. The normalized spacial score (nSPS) is 15.8. The average molecular weight is 163 g/mol. The fourth-order valence-electron chi connectivity index (χ4n) is 1.82. The van der Waals surface area contributed by atoms with E-state index >= 15 is 0 Å². The summed E-state index contributed by atoms with van der Waals surface area (Å²) >= 11 is 0. The Balaban J connectivity index is 2.49. The molecule has 2 rings (SSSR count). The van der Waals surface area contributed by atoms with Gasteiger partial charge in [0.05, 0.1) is 0 Å². The average Bonchev–Trinajstić information content (AvgIpc) is 2.07. The summed E-state index contributed by atoms with van der Waals surface area (Å²) in [6, 6.07) is 2.03. The number of rotatable bonds is 0. The smallest absolute Gasteiger partial charge is 0.189 e. The molecule has 1 aliphatic carbocycles. The molecule has 0 N–H and O–H groups in total. The van der Waals surface area contributed by atoms with Crippen molar-refractivity contribution in [3.8, 4) is 0 Å². The van der Waals surface area contributed by atoms with Crippen LogP contribution >= 0.6 is 0 Å². The minimum atomic E-state index is 0.815. The lowest BCUT2D eigenvalue weighted by Crippen LogP contribution is -2.31. The molecule has 0 unspecified atom stereocenters. The van der Waals surface area contributed by atoms with Crippen LogP contribution in [0.2, 0.25) is 0 Å². The number of hydrogen-bond donors (Lipinski definition) is 0. The lowest BCUT2D eigenvalue weighted by Gasteiger charge is -2.14. The second kappa shape index (κ2) is 2.77. The molecule has 0 amide bonds. The molecule has 0 fully saturated rings. The molecular formula is C10H13NO. The Bertz CT molecular complexity index is 276. The zero-order chi connectivity index (χ0) is 8.55. The van der Waals surface area contributed by atoms with Gasteiger partial charge >= 0.3 is 0 Å². The van der Waals surface area contributed by atoms with Crippen molar-refractivity contribution in [3.05, 3.63) is 34.3 Å². The summed E-state index contributed by atoms with van der Waals surface area (Å²) in [7, 11) is 0. The lowest BCUT2D eigenvalue weighted by molar-refractivity contribution is -0.612. The van der Waals surface area contributed by atoms with Gasteiger partial charge in [0.15, 0.2) is 11.9 Å². The van der Waals surface area contributed by atoms with Crippen LogP contribution < -0.4 is 4.73 Å². The summed E-state index contributed by atoms with van der Waals surface area (Å²) in [4.78, 5) is 0. The fourth-order valence-corrected chi connectivity index (χ4v) is 1.82. The highest BCUT2D eigenvalue weighted by Crippen LogP contribution is 2.19. The molecule has 12 heavy (non-hydrogen) atoms. The van der Waals surface area contributed by atoms with Gasteiger partial charge in [-0.25, -0.2) is 0 Å². The lowest BCUT2D eigenvalue weighted by atomic mass is 9.93. The Morgan fingerprint density at radius 1 is 1.25 bits per heavy atom. The topological polar surface area (TPSA) is 26.9 Å². The first-order chi connectivity index (χ1) is 5.77. The van der Waals surface area contributed by atoms with E-state index < -0.39 is 0 Å². The summed E-state index contributed by atoms with van der Waals surface area (Å²) in [5.41, 5.74) is 3.45. The number of fused-ring (bicyclic) bond motifs is 1. The summed E-state index contributed by atoms with van der Waals surface area (Å²) in [6.07, 6.45) is 6.48. The second-order valence-corrected chi connectivity index (χ2v) is 3.50.